The Hall–Kier alpha value is -3.49. The summed E-state index contributed by atoms with van der Waals surface area (Å²) in [6, 6.07) is 24.0. The van der Waals surface area contributed by atoms with Gasteiger partial charge in [0.25, 0.3) is 0 Å². The van der Waals surface area contributed by atoms with Crippen LogP contribution in [0, 0.1) is 0 Å². The van der Waals surface area contributed by atoms with E-state index in [9.17, 15) is 13.2 Å². The Bertz CT molecular complexity index is 1420. The fraction of sp³-hybridized carbons (Fsp3) is 0.231. The minimum atomic E-state index is -3.70. The van der Waals surface area contributed by atoms with E-state index in [-0.39, 0.29) is 17.2 Å². The molecular weight excluding hydrogens is 448 g/mol. The Morgan fingerprint density at radius 2 is 1.65 bits per heavy atom. The van der Waals surface area contributed by atoms with E-state index in [0.717, 1.165) is 22.5 Å². The van der Waals surface area contributed by atoms with E-state index in [1.807, 2.05) is 54.6 Å². The van der Waals surface area contributed by atoms with Crippen LogP contribution in [0.3, 0.4) is 0 Å². The molecule has 34 heavy (non-hydrogen) atoms. The van der Waals surface area contributed by atoms with Crippen LogP contribution in [0.1, 0.15) is 33.0 Å². The van der Waals surface area contributed by atoms with E-state index in [0.29, 0.717) is 12.1 Å². The average Bonchev–Trinajstić information content (AvgIpc) is 3.15. The molecule has 3 aromatic carbocycles. The van der Waals surface area contributed by atoms with Gasteiger partial charge in [-0.1, -0.05) is 36.4 Å². The number of fused-ring (bicyclic) bond motifs is 1. The van der Waals surface area contributed by atoms with Crippen LogP contribution in [-0.2, 0) is 21.2 Å². The number of nitrogens with one attached hydrogen (secondary N) is 2. The molecule has 2 N–H and O–H groups in total. The molecule has 0 fully saturated rings. The van der Waals surface area contributed by atoms with Crippen molar-refractivity contribution in [2.45, 2.75) is 44.0 Å². The van der Waals surface area contributed by atoms with Crippen LogP contribution in [-0.4, -0.2) is 29.4 Å². The van der Waals surface area contributed by atoms with Crippen molar-refractivity contribution in [3.8, 4) is 5.69 Å². The molecule has 7 nitrogen and oxygen atoms in total. The molecule has 0 bridgehead atoms. The highest BCUT2D eigenvalue weighted by molar-refractivity contribution is 7.89. The molecule has 1 aromatic heterocycles. The van der Waals surface area contributed by atoms with E-state index < -0.39 is 15.6 Å². The lowest BCUT2D eigenvalue weighted by molar-refractivity contribution is -0.116. The molecule has 1 heterocycles. The summed E-state index contributed by atoms with van der Waals surface area (Å²) >= 11 is 0. The number of aryl methyl sites for hydroxylation is 1. The van der Waals surface area contributed by atoms with Gasteiger partial charge in [0, 0.05) is 29.8 Å². The SMILES string of the molecule is CC(C)(C)NS(=O)(=O)c1cccc(NC(=O)CCc2nc3ccccc3n2-c2ccccc2)c1. The zero-order valence-corrected chi connectivity index (χ0v) is 20.3. The molecule has 4 aromatic rings. The minimum Gasteiger partial charge on any atom is -0.326 e. The van der Waals surface area contributed by atoms with Crippen molar-refractivity contribution >= 4 is 32.7 Å². The molecule has 0 saturated carbocycles. The molecule has 4 rings (SSSR count). The molecule has 0 atom stereocenters. The smallest absolute Gasteiger partial charge is 0.241 e. The first kappa shape index (κ1) is 23.7. The number of hydrogen-bond donors (Lipinski definition) is 2. The molecule has 0 spiro atoms. The van der Waals surface area contributed by atoms with Gasteiger partial charge in [-0.3, -0.25) is 9.36 Å². The second-order valence-corrected chi connectivity index (χ2v) is 10.8. The molecule has 0 unspecified atom stereocenters. The van der Waals surface area contributed by atoms with Crippen molar-refractivity contribution in [1.82, 2.24) is 14.3 Å². The number of aromatic nitrogens is 2. The van der Waals surface area contributed by atoms with Gasteiger partial charge >= 0.3 is 0 Å². The second kappa shape index (κ2) is 9.40. The lowest BCUT2D eigenvalue weighted by Crippen LogP contribution is -2.40. The molecular formula is C26H28N4O3S. The molecule has 0 aliphatic carbocycles. The number of sulfonamides is 1. The number of anilines is 1. The van der Waals surface area contributed by atoms with Crippen LogP contribution in [0.5, 0.6) is 0 Å². The summed E-state index contributed by atoms with van der Waals surface area (Å²) < 4.78 is 29.9. The van der Waals surface area contributed by atoms with Crippen LogP contribution in [0.2, 0.25) is 0 Å². The van der Waals surface area contributed by atoms with E-state index in [4.69, 9.17) is 4.98 Å². The number of benzene rings is 3. The van der Waals surface area contributed by atoms with E-state index in [1.165, 1.54) is 12.1 Å². The number of hydrogen-bond acceptors (Lipinski definition) is 4. The van der Waals surface area contributed by atoms with Gasteiger partial charge in [-0.15, -0.1) is 0 Å². The minimum absolute atomic E-state index is 0.103. The predicted molar refractivity (Wildman–Crippen MR) is 135 cm³/mol. The molecule has 0 saturated heterocycles. The summed E-state index contributed by atoms with van der Waals surface area (Å²) in [5, 5.41) is 2.81. The van der Waals surface area contributed by atoms with Crippen LogP contribution < -0.4 is 10.0 Å². The Kier molecular flexibility index (Phi) is 6.54. The molecule has 1 amide bonds. The lowest BCUT2D eigenvalue weighted by Gasteiger charge is -2.20. The third kappa shape index (κ3) is 5.52. The number of carbonyl (C=O) groups is 1. The first-order valence-electron chi connectivity index (χ1n) is 11.1. The third-order valence-corrected chi connectivity index (χ3v) is 6.84. The van der Waals surface area contributed by atoms with Gasteiger partial charge in [0.1, 0.15) is 5.82 Å². The molecule has 0 aliphatic rings. The number of amides is 1. The predicted octanol–water partition coefficient (Wildman–Crippen LogP) is 4.67. The van der Waals surface area contributed by atoms with Gasteiger partial charge in [-0.05, 0) is 63.2 Å². The Balaban J connectivity index is 1.51. The average molecular weight is 477 g/mol. The van der Waals surface area contributed by atoms with Crippen molar-refractivity contribution in [1.29, 1.82) is 0 Å². The first-order chi connectivity index (χ1) is 16.1. The Morgan fingerprint density at radius 1 is 0.941 bits per heavy atom. The third-order valence-electron chi connectivity index (χ3n) is 5.09. The highest BCUT2D eigenvalue weighted by atomic mass is 32.2. The summed E-state index contributed by atoms with van der Waals surface area (Å²) in [6.45, 7) is 5.33. The first-order valence-corrected chi connectivity index (χ1v) is 12.6. The van der Waals surface area contributed by atoms with E-state index in [1.54, 1.807) is 32.9 Å². The summed E-state index contributed by atoms with van der Waals surface area (Å²) in [5.41, 5.74) is 2.65. The second-order valence-electron chi connectivity index (χ2n) is 9.12. The quantitative estimate of drug-likeness (QED) is 0.405. The van der Waals surface area contributed by atoms with E-state index in [2.05, 4.69) is 14.6 Å². The summed E-state index contributed by atoms with van der Waals surface area (Å²) in [6.07, 6.45) is 0.631. The van der Waals surface area contributed by atoms with Gasteiger partial charge < -0.3 is 5.32 Å². The van der Waals surface area contributed by atoms with Gasteiger partial charge in [-0.25, -0.2) is 18.1 Å². The van der Waals surface area contributed by atoms with Crippen LogP contribution in [0.25, 0.3) is 16.7 Å². The van der Waals surface area contributed by atoms with Crippen molar-refractivity contribution in [2.75, 3.05) is 5.32 Å². The van der Waals surface area contributed by atoms with Crippen molar-refractivity contribution < 1.29 is 13.2 Å². The van der Waals surface area contributed by atoms with Gasteiger partial charge in [-0.2, -0.15) is 0 Å². The molecule has 0 aliphatic heterocycles. The number of carbonyl (C=O) groups excluding carboxylic acids is 1. The fourth-order valence-electron chi connectivity index (χ4n) is 3.76. The molecule has 0 radical (unpaired) electrons. The van der Waals surface area contributed by atoms with Gasteiger partial charge in [0.2, 0.25) is 15.9 Å². The highest BCUT2D eigenvalue weighted by Crippen LogP contribution is 2.23. The van der Waals surface area contributed by atoms with Crippen molar-refractivity contribution in [3.63, 3.8) is 0 Å². The maximum absolute atomic E-state index is 12.7. The maximum Gasteiger partial charge on any atom is 0.241 e. The molecule has 8 heteroatoms. The zero-order chi connectivity index (χ0) is 24.3. The van der Waals surface area contributed by atoms with Crippen LogP contribution in [0.4, 0.5) is 5.69 Å². The monoisotopic (exact) mass is 476 g/mol. The number of rotatable bonds is 7. The maximum atomic E-state index is 12.7. The Labute approximate surface area is 199 Å². The van der Waals surface area contributed by atoms with Crippen LogP contribution >= 0.6 is 0 Å². The summed E-state index contributed by atoms with van der Waals surface area (Å²) in [4.78, 5) is 17.6. The van der Waals surface area contributed by atoms with Gasteiger partial charge in [0.05, 0.1) is 15.9 Å². The number of para-hydroxylation sites is 3. The molecule has 176 valence electrons. The lowest BCUT2D eigenvalue weighted by atomic mass is 10.1. The standard InChI is InChI=1S/C26H28N4O3S/c1-26(2,3)29-34(32,33)21-13-9-10-19(18-21)27-25(31)17-16-24-28-22-14-7-8-15-23(22)30(24)20-11-5-4-6-12-20/h4-15,18,29H,16-17H2,1-3H3,(H,27,31). The number of nitrogens with zero attached hydrogens (tertiary/aromatic N) is 2. The van der Waals surface area contributed by atoms with E-state index >= 15 is 0 Å². The summed E-state index contributed by atoms with van der Waals surface area (Å²) in [7, 11) is -3.70. The zero-order valence-electron chi connectivity index (χ0n) is 19.4. The van der Waals surface area contributed by atoms with Crippen LogP contribution in [0.15, 0.2) is 83.8 Å². The Morgan fingerprint density at radius 3 is 2.38 bits per heavy atom. The summed E-state index contributed by atoms with van der Waals surface area (Å²) in [5.74, 6) is 0.568. The highest BCUT2D eigenvalue weighted by Gasteiger charge is 2.22. The topological polar surface area (TPSA) is 93.1 Å². The fourth-order valence-corrected chi connectivity index (χ4v) is 5.22. The number of imidazole rings is 1. The normalized spacial score (nSPS) is 12.1. The van der Waals surface area contributed by atoms with Gasteiger partial charge in [0.15, 0.2) is 0 Å². The largest absolute Gasteiger partial charge is 0.326 e. The van der Waals surface area contributed by atoms with Crippen molar-refractivity contribution in [3.05, 3.63) is 84.7 Å². The van der Waals surface area contributed by atoms with Crippen molar-refractivity contribution in [2.24, 2.45) is 0 Å².